The molecule has 2 rings (SSSR count). The SMILES string of the molecule is CC(=O)N[n+]1cnn(C)c1C(=O)Nc1ccccc1. The summed E-state index contributed by atoms with van der Waals surface area (Å²) in [5, 5.41) is 6.66. The van der Waals surface area contributed by atoms with Crippen LogP contribution in [0, 0.1) is 0 Å². The third kappa shape index (κ3) is 2.95. The highest BCUT2D eigenvalue weighted by Gasteiger charge is 2.24. The van der Waals surface area contributed by atoms with Crippen LogP contribution in [0.2, 0.25) is 0 Å². The number of nitrogens with zero attached hydrogens (tertiary/aromatic N) is 3. The molecule has 0 aliphatic rings. The van der Waals surface area contributed by atoms with Crippen LogP contribution in [0.5, 0.6) is 0 Å². The second-order valence-electron chi connectivity index (χ2n) is 3.94. The largest absolute Gasteiger partial charge is 0.348 e. The number of amides is 2. The number of rotatable bonds is 3. The van der Waals surface area contributed by atoms with Gasteiger partial charge < -0.3 is 5.32 Å². The van der Waals surface area contributed by atoms with Gasteiger partial charge in [0, 0.05) is 17.7 Å². The summed E-state index contributed by atoms with van der Waals surface area (Å²) in [4.78, 5) is 23.2. The van der Waals surface area contributed by atoms with Gasteiger partial charge in [-0.05, 0) is 12.1 Å². The topological polar surface area (TPSA) is 79.9 Å². The number of hydrogen-bond donors (Lipinski definition) is 2. The number of aromatic nitrogens is 3. The second kappa shape index (κ2) is 5.30. The highest BCUT2D eigenvalue weighted by atomic mass is 16.2. The molecule has 7 heteroatoms. The van der Waals surface area contributed by atoms with E-state index in [9.17, 15) is 9.59 Å². The lowest BCUT2D eigenvalue weighted by atomic mass is 10.3. The lowest BCUT2D eigenvalue weighted by molar-refractivity contribution is -0.644. The minimum Gasteiger partial charge on any atom is -0.317 e. The maximum Gasteiger partial charge on any atom is 0.348 e. The summed E-state index contributed by atoms with van der Waals surface area (Å²) < 4.78 is 2.66. The molecule has 0 bridgehead atoms. The van der Waals surface area contributed by atoms with Gasteiger partial charge in [-0.25, -0.2) is 5.43 Å². The van der Waals surface area contributed by atoms with Crippen molar-refractivity contribution in [3.8, 4) is 0 Å². The molecule has 2 amide bonds. The van der Waals surface area contributed by atoms with Gasteiger partial charge in [0.2, 0.25) is 5.91 Å². The van der Waals surface area contributed by atoms with Crippen LogP contribution < -0.4 is 15.4 Å². The summed E-state index contributed by atoms with van der Waals surface area (Å²) in [6.45, 7) is 1.36. The maximum absolute atomic E-state index is 12.2. The molecule has 0 saturated heterocycles. The van der Waals surface area contributed by atoms with Gasteiger partial charge in [-0.3, -0.25) is 9.59 Å². The van der Waals surface area contributed by atoms with Crippen LogP contribution in [0.1, 0.15) is 17.5 Å². The van der Waals surface area contributed by atoms with Crippen molar-refractivity contribution in [2.24, 2.45) is 7.05 Å². The van der Waals surface area contributed by atoms with Crippen LogP contribution in [0.15, 0.2) is 36.7 Å². The van der Waals surface area contributed by atoms with Crippen molar-refractivity contribution in [1.29, 1.82) is 0 Å². The Kier molecular flexibility index (Phi) is 3.56. The van der Waals surface area contributed by atoms with Crippen LogP contribution in [0.3, 0.4) is 0 Å². The molecular formula is C12H14N5O2+. The first-order chi connectivity index (χ1) is 9.08. The summed E-state index contributed by atoms with van der Waals surface area (Å²) in [6.07, 6.45) is 1.36. The molecule has 0 spiro atoms. The lowest BCUT2D eigenvalue weighted by Crippen LogP contribution is -2.51. The molecule has 0 fully saturated rings. The molecule has 0 saturated carbocycles. The number of nitrogens with one attached hydrogen (secondary N) is 2. The molecule has 0 aliphatic carbocycles. The van der Waals surface area contributed by atoms with Crippen LogP contribution >= 0.6 is 0 Å². The normalized spacial score (nSPS) is 10.0. The Morgan fingerprint density at radius 1 is 1.26 bits per heavy atom. The fraction of sp³-hybridized carbons (Fsp3) is 0.167. The Morgan fingerprint density at radius 3 is 2.58 bits per heavy atom. The minimum atomic E-state index is -0.361. The highest BCUT2D eigenvalue weighted by Crippen LogP contribution is 2.06. The van der Waals surface area contributed by atoms with Crippen molar-refractivity contribution in [1.82, 2.24) is 9.78 Å². The molecule has 2 N–H and O–H groups in total. The van der Waals surface area contributed by atoms with E-state index in [1.807, 2.05) is 18.2 Å². The number of para-hydroxylation sites is 1. The quantitative estimate of drug-likeness (QED) is 0.765. The summed E-state index contributed by atoms with van der Waals surface area (Å²) in [6, 6.07) is 9.05. The number of carbonyl (C=O) groups is 2. The molecule has 1 heterocycles. The van der Waals surface area contributed by atoms with Gasteiger partial charge in [0.1, 0.15) is 0 Å². The van der Waals surface area contributed by atoms with Gasteiger partial charge in [-0.15, -0.1) is 9.36 Å². The first-order valence-electron chi connectivity index (χ1n) is 5.65. The van der Waals surface area contributed by atoms with Gasteiger partial charge in [0.05, 0.1) is 7.05 Å². The first-order valence-corrected chi connectivity index (χ1v) is 5.65. The van der Waals surface area contributed by atoms with Crippen LogP contribution in [0.4, 0.5) is 5.69 Å². The summed E-state index contributed by atoms with van der Waals surface area (Å²) >= 11 is 0. The van der Waals surface area contributed by atoms with Gasteiger partial charge in [0.25, 0.3) is 6.33 Å². The minimum absolute atomic E-state index is 0.221. The highest BCUT2D eigenvalue weighted by molar-refractivity contribution is 6.00. The molecule has 98 valence electrons. The standard InChI is InChI=1S/C12H13N5O2/c1-9(18)15-17-8-13-16(2)12(17)11(19)14-10-6-4-3-5-7-10/h3-8H,1-2H3,(H-,14,15,18,19)/p+1. The van der Waals surface area contributed by atoms with Gasteiger partial charge in [-0.1, -0.05) is 18.2 Å². The van der Waals surface area contributed by atoms with Gasteiger partial charge in [0.15, 0.2) is 0 Å². The molecule has 0 unspecified atom stereocenters. The molecule has 1 aromatic heterocycles. The fourth-order valence-electron chi connectivity index (χ4n) is 1.61. The Labute approximate surface area is 109 Å². The predicted molar refractivity (Wildman–Crippen MR) is 67.8 cm³/mol. The number of hydrogen-bond acceptors (Lipinski definition) is 3. The predicted octanol–water partition coefficient (Wildman–Crippen LogP) is 0.0499. The Hall–Kier alpha value is -2.70. The van der Waals surface area contributed by atoms with E-state index in [1.54, 1.807) is 19.2 Å². The fourth-order valence-corrected chi connectivity index (χ4v) is 1.61. The molecule has 1 aromatic carbocycles. The maximum atomic E-state index is 12.2. The molecule has 0 aliphatic heterocycles. The third-order valence-corrected chi connectivity index (χ3v) is 2.39. The molecule has 7 nitrogen and oxygen atoms in total. The van der Waals surface area contributed by atoms with E-state index in [0.29, 0.717) is 5.69 Å². The van der Waals surface area contributed by atoms with E-state index < -0.39 is 0 Å². The summed E-state index contributed by atoms with van der Waals surface area (Å²) in [5.41, 5.74) is 3.16. The Balaban J connectivity index is 2.23. The molecule has 0 atom stereocenters. The smallest absolute Gasteiger partial charge is 0.317 e. The monoisotopic (exact) mass is 260 g/mol. The zero-order valence-electron chi connectivity index (χ0n) is 10.6. The zero-order chi connectivity index (χ0) is 13.8. The average Bonchev–Trinajstić information content (AvgIpc) is 2.71. The molecular weight excluding hydrogens is 246 g/mol. The van der Waals surface area contributed by atoms with Crippen molar-refractivity contribution in [2.45, 2.75) is 6.92 Å². The van der Waals surface area contributed by atoms with Crippen molar-refractivity contribution >= 4 is 17.5 Å². The van der Waals surface area contributed by atoms with E-state index in [1.165, 1.54) is 22.6 Å². The average molecular weight is 260 g/mol. The van der Waals surface area contributed by atoms with E-state index in [4.69, 9.17) is 0 Å². The van der Waals surface area contributed by atoms with E-state index >= 15 is 0 Å². The van der Waals surface area contributed by atoms with Crippen LogP contribution in [-0.4, -0.2) is 21.6 Å². The zero-order valence-corrected chi connectivity index (χ0v) is 10.6. The number of carbonyl (C=O) groups excluding carboxylic acids is 2. The van der Waals surface area contributed by atoms with Crippen molar-refractivity contribution in [2.75, 3.05) is 10.7 Å². The third-order valence-electron chi connectivity index (χ3n) is 2.39. The van der Waals surface area contributed by atoms with Gasteiger partial charge >= 0.3 is 11.7 Å². The van der Waals surface area contributed by atoms with E-state index in [0.717, 1.165) is 0 Å². The first kappa shape index (κ1) is 12.7. The van der Waals surface area contributed by atoms with Gasteiger partial charge in [-0.2, -0.15) is 0 Å². The lowest BCUT2D eigenvalue weighted by Gasteiger charge is -2.04. The molecule has 19 heavy (non-hydrogen) atoms. The summed E-state index contributed by atoms with van der Waals surface area (Å²) in [5.74, 6) is -0.425. The van der Waals surface area contributed by atoms with Crippen molar-refractivity contribution < 1.29 is 14.3 Å². The van der Waals surface area contributed by atoms with E-state index in [2.05, 4.69) is 15.8 Å². The van der Waals surface area contributed by atoms with Crippen LogP contribution in [0.25, 0.3) is 0 Å². The summed E-state index contributed by atoms with van der Waals surface area (Å²) in [7, 11) is 1.62. The number of anilines is 1. The number of benzene rings is 1. The number of aryl methyl sites for hydroxylation is 1. The van der Waals surface area contributed by atoms with Crippen LogP contribution in [-0.2, 0) is 11.8 Å². The molecule has 2 aromatic rings. The van der Waals surface area contributed by atoms with Crippen molar-refractivity contribution in [3.05, 3.63) is 42.5 Å². The Bertz CT molecular complexity index is 606. The second-order valence-corrected chi connectivity index (χ2v) is 3.94. The Morgan fingerprint density at radius 2 is 1.95 bits per heavy atom. The molecule has 0 radical (unpaired) electrons. The van der Waals surface area contributed by atoms with E-state index in [-0.39, 0.29) is 17.6 Å². The van der Waals surface area contributed by atoms with Crippen molar-refractivity contribution in [3.63, 3.8) is 0 Å².